The maximum atomic E-state index is 6.48. The van der Waals surface area contributed by atoms with Crippen molar-refractivity contribution in [2.24, 2.45) is 0 Å². The van der Waals surface area contributed by atoms with Crippen LogP contribution in [0, 0.1) is 0 Å². The molecule has 6 aromatic rings. The zero-order chi connectivity index (χ0) is 26.1. The highest BCUT2D eigenvalue weighted by Crippen LogP contribution is 2.40. The van der Waals surface area contributed by atoms with Gasteiger partial charge in [-0.2, -0.15) is 0 Å². The van der Waals surface area contributed by atoms with Crippen molar-refractivity contribution in [3.63, 3.8) is 0 Å². The first kappa shape index (κ1) is 23.3. The van der Waals surface area contributed by atoms with Gasteiger partial charge in [-0.25, -0.2) is 0 Å². The van der Waals surface area contributed by atoms with E-state index in [2.05, 4.69) is 131 Å². The molecule has 0 unspecified atom stereocenters. The van der Waals surface area contributed by atoms with Crippen molar-refractivity contribution in [1.82, 2.24) is 0 Å². The molecular formula is C34H29BO3. The van der Waals surface area contributed by atoms with Crippen molar-refractivity contribution < 1.29 is 13.7 Å². The molecule has 0 bridgehead atoms. The largest absolute Gasteiger partial charge is 0.494 e. The standard InChI is InChI=1S/C34H29BO3/c1-33(2)34(3,4)38-35(37-33)26-14-8-12-24(21-26)23-11-7-13-25(20-23)28-16-9-17-29-31-27-15-6-5-10-22(27)18-19-30(31)36-32(28)29/h5-21H,1-4H3. The summed E-state index contributed by atoms with van der Waals surface area (Å²) >= 11 is 0. The van der Waals surface area contributed by atoms with Gasteiger partial charge in [-0.3, -0.25) is 0 Å². The first-order valence-corrected chi connectivity index (χ1v) is 13.2. The minimum atomic E-state index is -0.387. The molecule has 7 rings (SSSR count). The van der Waals surface area contributed by atoms with Crippen LogP contribution in [0.25, 0.3) is 55.0 Å². The Morgan fingerprint density at radius 2 is 1.24 bits per heavy atom. The van der Waals surface area contributed by atoms with E-state index in [-0.39, 0.29) is 18.3 Å². The van der Waals surface area contributed by atoms with Gasteiger partial charge in [-0.15, -0.1) is 0 Å². The first-order chi connectivity index (χ1) is 18.3. The monoisotopic (exact) mass is 496 g/mol. The molecule has 186 valence electrons. The Kier molecular flexibility index (Phi) is 5.10. The van der Waals surface area contributed by atoms with E-state index in [0.717, 1.165) is 44.3 Å². The fourth-order valence-corrected chi connectivity index (χ4v) is 5.51. The third-order valence-electron chi connectivity index (χ3n) is 8.31. The predicted octanol–water partition coefficient (Wildman–Crippen LogP) is 8.37. The summed E-state index contributed by atoms with van der Waals surface area (Å²) in [5.41, 5.74) is 6.59. The number of hydrogen-bond acceptors (Lipinski definition) is 3. The van der Waals surface area contributed by atoms with Gasteiger partial charge in [0.05, 0.1) is 11.2 Å². The zero-order valence-electron chi connectivity index (χ0n) is 22.1. The average Bonchev–Trinajstić information content (AvgIpc) is 3.42. The molecule has 2 heterocycles. The smallest absolute Gasteiger partial charge is 0.455 e. The van der Waals surface area contributed by atoms with Crippen LogP contribution in [0.15, 0.2) is 108 Å². The summed E-state index contributed by atoms with van der Waals surface area (Å²) in [7, 11) is -0.387. The van der Waals surface area contributed by atoms with Crippen LogP contribution >= 0.6 is 0 Å². The van der Waals surface area contributed by atoms with Crippen molar-refractivity contribution in [3.05, 3.63) is 103 Å². The molecule has 1 aliphatic heterocycles. The Labute approximate surface area is 223 Å². The lowest BCUT2D eigenvalue weighted by molar-refractivity contribution is 0.00578. The molecule has 0 spiro atoms. The maximum Gasteiger partial charge on any atom is 0.494 e. The van der Waals surface area contributed by atoms with Crippen molar-refractivity contribution in [3.8, 4) is 22.3 Å². The molecule has 0 N–H and O–H groups in total. The van der Waals surface area contributed by atoms with Crippen LogP contribution in [-0.4, -0.2) is 18.3 Å². The van der Waals surface area contributed by atoms with Crippen molar-refractivity contribution in [2.45, 2.75) is 38.9 Å². The highest BCUT2D eigenvalue weighted by Gasteiger charge is 2.51. The van der Waals surface area contributed by atoms with E-state index < -0.39 is 0 Å². The zero-order valence-corrected chi connectivity index (χ0v) is 22.1. The Morgan fingerprint density at radius 1 is 0.579 bits per heavy atom. The molecule has 1 aliphatic rings. The molecule has 0 amide bonds. The molecule has 0 aliphatic carbocycles. The van der Waals surface area contributed by atoms with Crippen molar-refractivity contribution in [2.75, 3.05) is 0 Å². The van der Waals surface area contributed by atoms with E-state index >= 15 is 0 Å². The van der Waals surface area contributed by atoms with Crippen molar-refractivity contribution in [1.29, 1.82) is 0 Å². The second-order valence-corrected chi connectivity index (χ2v) is 11.2. The van der Waals surface area contributed by atoms with E-state index in [4.69, 9.17) is 13.7 Å². The molecule has 3 nitrogen and oxygen atoms in total. The van der Waals surface area contributed by atoms with Gasteiger partial charge in [0.25, 0.3) is 0 Å². The van der Waals surface area contributed by atoms with Crippen LogP contribution in [-0.2, 0) is 9.31 Å². The Balaban J connectivity index is 1.31. The second-order valence-electron chi connectivity index (χ2n) is 11.2. The third-order valence-corrected chi connectivity index (χ3v) is 8.31. The lowest BCUT2D eigenvalue weighted by Gasteiger charge is -2.32. The third kappa shape index (κ3) is 3.59. The first-order valence-electron chi connectivity index (χ1n) is 13.2. The highest BCUT2D eigenvalue weighted by atomic mass is 16.7. The number of para-hydroxylation sites is 1. The minimum Gasteiger partial charge on any atom is -0.455 e. The van der Waals surface area contributed by atoms with E-state index in [0.29, 0.717) is 0 Å². The average molecular weight is 496 g/mol. The van der Waals surface area contributed by atoms with Gasteiger partial charge in [0.1, 0.15) is 11.2 Å². The van der Waals surface area contributed by atoms with Crippen LogP contribution < -0.4 is 5.46 Å². The van der Waals surface area contributed by atoms with Gasteiger partial charge >= 0.3 is 7.12 Å². The molecule has 0 radical (unpaired) electrons. The summed E-state index contributed by atoms with van der Waals surface area (Å²) in [6.07, 6.45) is 0. The summed E-state index contributed by atoms with van der Waals surface area (Å²) in [5.74, 6) is 0. The fourth-order valence-electron chi connectivity index (χ4n) is 5.51. The Morgan fingerprint density at radius 3 is 2.05 bits per heavy atom. The molecule has 0 atom stereocenters. The second kappa shape index (κ2) is 8.32. The Hall–Kier alpha value is -3.86. The summed E-state index contributed by atoms with van der Waals surface area (Å²) in [6.45, 7) is 8.34. The van der Waals surface area contributed by atoms with Crippen LogP contribution in [0.5, 0.6) is 0 Å². The fraction of sp³-hybridized carbons (Fsp3) is 0.176. The molecular weight excluding hydrogens is 467 g/mol. The summed E-state index contributed by atoms with van der Waals surface area (Å²) < 4.78 is 19.1. The normalized spacial score (nSPS) is 16.6. The SMILES string of the molecule is CC1(C)OB(c2cccc(-c3cccc(-c4cccc5c4oc4ccc6ccccc6c45)c3)c2)OC1(C)C. The molecule has 1 saturated heterocycles. The summed E-state index contributed by atoms with van der Waals surface area (Å²) in [5, 5.41) is 4.75. The Bertz CT molecular complexity index is 1830. The molecule has 1 fully saturated rings. The lowest BCUT2D eigenvalue weighted by Crippen LogP contribution is -2.41. The quantitative estimate of drug-likeness (QED) is 0.231. The summed E-state index contributed by atoms with van der Waals surface area (Å²) in [6, 6.07) is 36.3. The predicted molar refractivity (Wildman–Crippen MR) is 158 cm³/mol. The van der Waals surface area contributed by atoms with Crippen LogP contribution in [0.4, 0.5) is 0 Å². The van der Waals surface area contributed by atoms with Gasteiger partial charge in [0, 0.05) is 16.3 Å². The van der Waals surface area contributed by atoms with Crippen molar-refractivity contribution >= 4 is 45.3 Å². The topological polar surface area (TPSA) is 31.6 Å². The highest BCUT2D eigenvalue weighted by molar-refractivity contribution is 6.62. The molecule has 5 aromatic carbocycles. The maximum absolute atomic E-state index is 6.48. The van der Waals surface area contributed by atoms with Gasteiger partial charge in [-0.05, 0) is 72.8 Å². The molecule has 0 saturated carbocycles. The number of furan rings is 1. The van der Waals surface area contributed by atoms with Crippen LogP contribution in [0.2, 0.25) is 0 Å². The number of benzene rings is 5. The molecule has 4 heteroatoms. The van der Waals surface area contributed by atoms with E-state index in [1.165, 1.54) is 16.2 Å². The number of hydrogen-bond donors (Lipinski definition) is 0. The van der Waals surface area contributed by atoms with Gasteiger partial charge < -0.3 is 13.7 Å². The van der Waals surface area contributed by atoms with Gasteiger partial charge in [0.2, 0.25) is 0 Å². The number of rotatable bonds is 3. The molecule has 38 heavy (non-hydrogen) atoms. The van der Waals surface area contributed by atoms with Crippen LogP contribution in [0.1, 0.15) is 27.7 Å². The van der Waals surface area contributed by atoms with E-state index in [1.807, 2.05) is 0 Å². The minimum absolute atomic E-state index is 0.371. The molecule has 1 aromatic heterocycles. The lowest BCUT2D eigenvalue weighted by atomic mass is 9.78. The summed E-state index contributed by atoms with van der Waals surface area (Å²) in [4.78, 5) is 0. The van der Waals surface area contributed by atoms with E-state index in [9.17, 15) is 0 Å². The van der Waals surface area contributed by atoms with E-state index in [1.54, 1.807) is 0 Å². The van der Waals surface area contributed by atoms with Crippen LogP contribution in [0.3, 0.4) is 0 Å². The van der Waals surface area contributed by atoms with Gasteiger partial charge in [0.15, 0.2) is 0 Å². The van der Waals surface area contributed by atoms with Gasteiger partial charge in [-0.1, -0.05) is 91.0 Å². The number of fused-ring (bicyclic) bond motifs is 5.